The molecule has 0 radical (unpaired) electrons. The number of nitrogen functional groups attached to an aromatic ring is 1. The largest absolute Gasteiger partial charge is 0.444 e. The summed E-state index contributed by atoms with van der Waals surface area (Å²) in [6.45, 7) is 20.5. The topological polar surface area (TPSA) is 266 Å². The summed E-state index contributed by atoms with van der Waals surface area (Å²) in [6.07, 6.45) is 12.1. The molecule has 87 heavy (non-hydrogen) atoms. The van der Waals surface area contributed by atoms with E-state index in [4.69, 9.17) is 31.8 Å². The lowest BCUT2D eigenvalue weighted by atomic mass is 10.1. The van der Waals surface area contributed by atoms with Gasteiger partial charge in [0, 0.05) is 147 Å². The molecule has 10 rings (SSSR count). The summed E-state index contributed by atoms with van der Waals surface area (Å²) in [4.78, 5) is 58.8. The number of amides is 2. The molecule has 2 aliphatic rings. The fourth-order valence-corrected chi connectivity index (χ4v) is 10.8. The van der Waals surface area contributed by atoms with E-state index in [1.54, 1.807) is 46.7 Å². The van der Waals surface area contributed by atoms with Crippen molar-refractivity contribution < 1.29 is 35.9 Å². The molecule has 0 aliphatic carbocycles. The number of benzene rings is 2. The highest BCUT2D eigenvalue weighted by molar-refractivity contribution is 7.92. The van der Waals surface area contributed by atoms with Crippen molar-refractivity contribution in [2.24, 2.45) is 0 Å². The van der Waals surface area contributed by atoms with Crippen LogP contribution < -0.4 is 29.5 Å². The van der Waals surface area contributed by atoms with Crippen LogP contribution in [0.25, 0.3) is 22.1 Å². The number of fused-ring (bicyclic) bond motifs is 2. The van der Waals surface area contributed by atoms with Crippen LogP contribution in [-0.4, -0.2) is 167 Å². The number of carbonyl (C=O) groups excluding carboxylic acids is 2. The predicted molar refractivity (Wildman–Crippen MR) is 343 cm³/mol. The van der Waals surface area contributed by atoms with Crippen LogP contribution in [0, 0.1) is 0 Å². The number of pyridine rings is 2. The number of carbonyl (C=O) groups is 2. The number of anilines is 7. The third-order valence-electron chi connectivity index (χ3n) is 14.2. The molecule has 0 saturated carbocycles. The number of nitrogens with zero attached hydrogens (tertiary/aromatic N) is 14. The maximum absolute atomic E-state index is 12.6. The molecule has 0 spiro atoms. The first-order chi connectivity index (χ1) is 40.9. The number of aromatic nitrogens is 8. The number of sulfonamides is 2. The average Bonchev–Trinajstić information content (AvgIpc) is 2.03. The molecular weight excluding hydrogens is 1170 g/mol. The summed E-state index contributed by atoms with van der Waals surface area (Å²) in [5.41, 5.74) is 11.4. The number of rotatable bonds is 12. The molecule has 2 amide bonds. The van der Waals surface area contributed by atoms with Crippen LogP contribution in [-0.2, 0) is 42.6 Å². The molecule has 2 atom stereocenters. The van der Waals surface area contributed by atoms with Crippen molar-refractivity contribution in [1.82, 2.24) is 48.8 Å². The number of ether oxygens (including phenoxy) is 2. The molecule has 0 unspecified atom stereocenters. The van der Waals surface area contributed by atoms with Gasteiger partial charge in [0.15, 0.2) is 0 Å². The molecule has 6 aromatic heterocycles. The highest BCUT2D eigenvalue weighted by Crippen LogP contribution is 2.28. The van der Waals surface area contributed by atoms with Crippen molar-refractivity contribution in [2.45, 2.75) is 91.8 Å². The molecule has 2 saturated heterocycles. The number of nitrogens with one attached hydrogen (secondary N) is 1. The normalized spacial score (nSPS) is 15.7. The van der Waals surface area contributed by atoms with Crippen molar-refractivity contribution in [3.05, 3.63) is 139 Å². The standard InChI is InChI=1S/C30H38N8O4S.C16H25N3O2.C14H14ClN5O2S/c1-21-19-36(16-17-38(21)29(39)42-30(2,3)4)25-11-9-24(10-12-25)33-28-32-18-22-13-15-37(27(22)34-28)20-23-8-7-14-31-26(23)35(5)43(6,40)41;1-12-11-18(14-7-5-13(17)6-8-14)9-10-19(12)15(20)21-16(2,3)4;1-19(23(2,21)22)12-11(4-3-6-16-12)9-20-7-5-10-8-17-14(15)18-13(10)20/h7-15,18,21H,16-17,19-20H2,1-6H3,(H,32,33,34);5-8,12H,9-11,17H2,1-4H3;3-8H,9H2,1-2H3/t21-;12-;/m00./s1. The number of halogens is 1. The summed E-state index contributed by atoms with van der Waals surface area (Å²) in [7, 11) is -3.88. The minimum Gasteiger partial charge on any atom is -0.444 e. The van der Waals surface area contributed by atoms with Gasteiger partial charge < -0.3 is 49.3 Å². The molecule has 0 bridgehead atoms. The number of hydrogen-bond donors (Lipinski definition) is 2. The van der Waals surface area contributed by atoms with Gasteiger partial charge in [0.1, 0.15) is 34.1 Å². The lowest BCUT2D eigenvalue weighted by Crippen LogP contribution is -2.55. The molecule has 464 valence electrons. The summed E-state index contributed by atoms with van der Waals surface area (Å²) in [5, 5.41) is 5.17. The first-order valence-electron chi connectivity index (χ1n) is 28.2. The Bertz CT molecular complexity index is 3930. The predicted octanol–water partition coefficient (Wildman–Crippen LogP) is 9.10. The van der Waals surface area contributed by atoms with E-state index in [0.717, 1.165) is 74.6 Å². The minimum atomic E-state index is -3.46. The van der Waals surface area contributed by atoms with Gasteiger partial charge in [-0.2, -0.15) is 9.97 Å². The molecule has 8 aromatic rings. The van der Waals surface area contributed by atoms with E-state index in [2.05, 4.69) is 40.0 Å². The van der Waals surface area contributed by atoms with Crippen molar-refractivity contribution in [3.63, 3.8) is 0 Å². The Morgan fingerprint density at radius 1 is 0.621 bits per heavy atom. The second-order valence-electron chi connectivity index (χ2n) is 23.4. The average molecular weight is 1250 g/mol. The summed E-state index contributed by atoms with van der Waals surface area (Å²) >= 11 is 5.86. The van der Waals surface area contributed by atoms with Crippen LogP contribution in [0.15, 0.2) is 122 Å². The van der Waals surface area contributed by atoms with Crippen LogP contribution in [0.4, 0.5) is 49.9 Å². The van der Waals surface area contributed by atoms with Crippen LogP contribution >= 0.6 is 11.6 Å². The van der Waals surface area contributed by atoms with E-state index >= 15 is 0 Å². The van der Waals surface area contributed by atoms with Crippen molar-refractivity contribution in [2.75, 3.05) is 95.3 Å². The van der Waals surface area contributed by atoms with Crippen molar-refractivity contribution in [1.29, 1.82) is 0 Å². The SMILES string of the molecule is CN(c1ncccc1Cn1ccc2cnc(Cl)nc21)S(C)(=O)=O.C[C@H]1CN(c2ccc(N)cc2)CCN1C(=O)OC(C)(C)C.C[C@H]1CN(c2ccc(Nc3ncc4ccn(Cc5cccnc5N(C)S(C)(=O)=O)c4n3)cc2)CCN1C(=O)OC(C)(C)C. The van der Waals surface area contributed by atoms with E-state index in [1.807, 2.05) is 150 Å². The smallest absolute Gasteiger partial charge is 0.410 e. The quantitative estimate of drug-likeness (QED) is 0.0853. The third-order valence-corrected chi connectivity index (χ3v) is 16.8. The van der Waals surface area contributed by atoms with E-state index < -0.39 is 31.2 Å². The van der Waals surface area contributed by atoms with Crippen LogP contribution in [0.3, 0.4) is 0 Å². The monoisotopic (exact) mass is 1250 g/mol. The van der Waals surface area contributed by atoms with Gasteiger partial charge in [-0.3, -0.25) is 8.61 Å². The van der Waals surface area contributed by atoms with Gasteiger partial charge in [0.25, 0.3) is 0 Å². The molecule has 2 aliphatic heterocycles. The Labute approximate surface area is 514 Å². The van der Waals surface area contributed by atoms with Crippen LogP contribution in [0.5, 0.6) is 0 Å². The van der Waals surface area contributed by atoms with Gasteiger partial charge in [0.2, 0.25) is 31.3 Å². The molecular formula is C60H77ClN16O8S2. The van der Waals surface area contributed by atoms with E-state index in [1.165, 1.54) is 18.4 Å². The third kappa shape index (κ3) is 16.9. The maximum atomic E-state index is 12.6. The fraction of sp³-hybridized carbons (Fsp3) is 0.400. The highest BCUT2D eigenvalue weighted by atomic mass is 35.5. The van der Waals surface area contributed by atoms with Gasteiger partial charge in [-0.1, -0.05) is 12.1 Å². The molecule has 2 fully saturated rings. The van der Waals surface area contributed by atoms with Crippen molar-refractivity contribution >= 4 is 106 Å². The first kappa shape index (κ1) is 64.5. The number of nitrogens with two attached hydrogens (primary N) is 1. The Morgan fingerprint density at radius 3 is 1.47 bits per heavy atom. The fourth-order valence-electron chi connectivity index (χ4n) is 9.73. The lowest BCUT2D eigenvalue weighted by molar-refractivity contribution is 0.0148. The number of piperazine rings is 2. The summed E-state index contributed by atoms with van der Waals surface area (Å²) in [5.74, 6) is 1.21. The Morgan fingerprint density at radius 2 is 1.05 bits per heavy atom. The highest BCUT2D eigenvalue weighted by Gasteiger charge is 2.33. The summed E-state index contributed by atoms with van der Waals surface area (Å²) < 4.78 is 65.1. The summed E-state index contributed by atoms with van der Waals surface area (Å²) in [6, 6.07) is 27.1. The molecule has 2 aromatic carbocycles. The lowest BCUT2D eigenvalue weighted by Gasteiger charge is -2.41. The van der Waals surface area contributed by atoms with E-state index in [-0.39, 0.29) is 29.6 Å². The van der Waals surface area contributed by atoms with Gasteiger partial charge in [0.05, 0.1) is 25.6 Å². The van der Waals surface area contributed by atoms with Crippen LogP contribution in [0.2, 0.25) is 5.28 Å². The van der Waals surface area contributed by atoms with E-state index in [9.17, 15) is 26.4 Å². The zero-order valence-electron chi connectivity index (χ0n) is 51.2. The maximum Gasteiger partial charge on any atom is 0.410 e. The van der Waals surface area contributed by atoms with Gasteiger partial charge >= 0.3 is 12.2 Å². The molecule has 8 heterocycles. The molecule has 24 nitrogen and oxygen atoms in total. The molecule has 27 heteroatoms. The molecule has 3 N–H and O–H groups in total. The zero-order valence-corrected chi connectivity index (χ0v) is 53.5. The Hall–Kier alpha value is -8.49. The number of hydrogen-bond acceptors (Lipinski definition) is 18. The second kappa shape index (κ2) is 26.6. The second-order valence-corrected chi connectivity index (χ2v) is 27.8. The zero-order chi connectivity index (χ0) is 63.2. The van der Waals surface area contributed by atoms with E-state index in [0.29, 0.717) is 68.1 Å². The Kier molecular flexibility index (Phi) is 19.8. The minimum absolute atomic E-state index is 0.0206. The Balaban J connectivity index is 0.000000187. The van der Waals surface area contributed by atoms with Gasteiger partial charge in [-0.15, -0.1) is 0 Å². The van der Waals surface area contributed by atoms with Crippen LogP contribution in [0.1, 0.15) is 66.5 Å². The van der Waals surface area contributed by atoms with Gasteiger partial charge in [-0.25, -0.2) is 46.4 Å². The van der Waals surface area contributed by atoms with Crippen molar-refractivity contribution in [3.8, 4) is 0 Å². The van der Waals surface area contributed by atoms with Gasteiger partial charge in [-0.05, 0) is 140 Å². The first-order valence-corrected chi connectivity index (χ1v) is 32.2.